The maximum atomic E-state index is 11.7. The Morgan fingerprint density at radius 2 is 2.06 bits per heavy atom. The van der Waals surface area contributed by atoms with Gasteiger partial charge in [-0.15, -0.1) is 5.10 Å². The summed E-state index contributed by atoms with van der Waals surface area (Å²) in [4.78, 5) is 11.7. The molecule has 0 spiro atoms. The number of carbonyl (C=O) groups is 1. The number of nitrogens with one attached hydrogen (secondary N) is 1. The molecular weight excluding hydrogens is 228 g/mol. The first kappa shape index (κ1) is 11.7. The highest BCUT2D eigenvalue weighted by Crippen LogP contribution is 2.06. The summed E-state index contributed by atoms with van der Waals surface area (Å²) in [6.45, 7) is 0. The molecule has 1 heterocycles. The van der Waals surface area contributed by atoms with E-state index in [0.717, 1.165) is 5.56 Å². The van der Waals surface area contributed by atoms with Crippen LogP contribution < -0.4 is 5.32 Å². The van der Waals surface area contributed by atoms with Crippen molar-refractivity contribution in [2.24, 2.45) is 0 Å². The van der Waals surface area contributed by atoms with Crippen molar-refractivity contribution in [2.75, 3.05) is 5.32 Å². The number of carbonyl (C=O) groups excluding carboxylic acids is 1. The van der Waals surface area contributed by atoms with Gasteiger partial charge < -0.3 is 5.32 Å². The van der Waals surface area contributed by atoms with E-state index in [1.165, 1.54) is 6.20 Å². The molecule has 2 rings (SSSR count). The van der Waals surface area contributed by atoms with Crippen LogP contribution in [0.25, 0.3) is 0 Å². The summed E-state index contributed by atoms with van der Waals surface area (Å²) in [7, 11) is 0. The van der Waals surface area contributed by atoms with E-state index in [-0.39, 0.29) is 12.3 Å². The highest BCUT2D eigenvalue weighted by Gasteiger charge is 2.04. The first-order chi connectivity index (χ1) is 8.78. The fourth-order valence-electron chi connectivity index (χ4n) is 1.44. The molecular formula is C13H10N4O. The number of nitriles is 1. The molecule has 0 aliphatic heterocycles. The monoisotopic (exact) mass is 238 g/mol. The summed E-state index contributed by atoms with van der Waals surface area (Å²) in [6.07, 6.45) is 1.78. The van der Waals surface area contributed by atoms with Crippen molar-refractivity contribution in [1.29, 1.82) is 5.26 Å². The van der Waals surface area contributed by atoms with E-state index in [1.54, 1.807) is 36.4 Å². The van der Waals surface area contributed by atoms with E-state index >= 15 is 0 Å². The second-order valence-corrected chi connectivity index (χ2v) is 3.64. The first-order valence-electron chi connectivity index (χ1n) is 5.34. The van der Waals surface area contributed by atoms with Gasteiger partial charge in [-0.05, 0) is 29.8 Å². The first-order valence-corrected chi connectivity index (χ1v) is 5.34. The zero-order valence-electron chi connectivity index (χ0n) is 9.50. The third kappa shape index (κ3) is 3.12. The molecule has 0 saturated heterocycles. The van der Waals surface area contributed by atoms with Gasteiger partial charge in [-0.25, -0.2) is 0 Å². The molecule has 0 radical (unpaired) electrons. The molecule has 0 aliphatic carbocycles. The zero-order valence-corrected chi connectivity index (χ0v) is 9.50. The van der Waals surface area contributed by atoms with E-state index in [1.807, 2.05) is 6.07 Å². The average molecular weight is 238 g/mol. The Morgan fingerprint density at radius 3 is 2.67 bits per heavy atom. The standard InChI is InChI=1S/C13H10N4O/c14-9-11-5-3-10(4-6-11)8-13(18)16-12-2-1-7-15-17-12/h1-7H,8H2,(H,16,17,18). The fraction of sp³-hybridized carbons (Fsp3) is 0.0769. The van der Waals surface area contributed by atoms with Crippen LogP contribution in [0.1, 0.15) is 11.1 Å². The van der Waals surface area contributed by atoms with Crippen LogP contribution in [0.4, 0.5) is 5.82 Å². The number of amides is 1. The molecule has 5 nitrogen and oxygen atoms in total. The fourth-order valence-corrected chi connectivity index (χ4v) is 1.44. The van der Waals surface area contributed by atoms with Gasteiger partial charge in [0.25, 0.3) is 0 Å². The molecule has 88 valence electrons. The Kier molecular flexibility index (Phi) is 3.62. The van der Waals surface area contributed by atoms with Gasteiger partial charge in [0.05, 0.1) is 18.1 Å². The van der Waals surface area contributed by atoms with E-state index < -0.39 is 0 Å². The van der Waals surface area contributed by atoms with Gasteiger partial charge in [0.15, 0.2) is 5.82 Å². The van der Waals surface area contributed by atoms with Crippen molar-refractivity contribution in [1.82, 2.24) is 10.2 Å². The van der Waals surface area contributed by atoms with E-state index in [0.29, 0.717) is 11.4 Å². The largest absolute Gasteiger partial charge is 0.309 e. The van der Waals surface area contributed by atoms with Crippen molar-refractivity contribution in [3.8, 4) is 6.07 Å². The minimum absolute atomic E-state index is 0.166. The van der Waals surface area contributed by atoms with Crippen molar-refractivity contribution in [3.63, 3.8) is 0 Å². The lowest BCUT2D eigenvalue weighted by atomic mass is 10.1. The zero-order chi connectivity index (χ0) is 12.8. The van der Waals surface area contributed by atoms with E-state index in [9.17, 15) is 4.79 Å². The third-order valence-electron chi connectivity index (χ3n) is 2.29. The lowest BCUT2D eigenvalue weighted by Gasteiger charge is -2.03. The third-order valence-corrected chi connectivity index (χ3v) is 2.29. The molecule has 1 aromatic carbocycles. The van der Waals surface area contributed by atoms with Gasteiger partial charge in [-0.3, -0.25) is 4.79 Å². The molecule has 1 amide bonds. The molecule has 0 saturated carbocycles. The van der Waals surface area contributed by atoms with Crippen molar-refractivity contribution < 1.29 is 4.79 Å². The Hall–Kier alpha value is -2.74. The van der Waals surface area contributed by atoms with Gasteiger partial charge in [0, 0.05) is 6.20 Å². The number of aromatic nitrogens is 2. The van der Waals surface area contributed by atoms with Crippen molar-refractivity contribution >= 4 is 11.7 Å². The second-order valence-electron chi connectivity index (χ2n) is 3.64. The molecule has 0 unspecified atom stereocenters. The molecule has 0 bridgehead atoms. The van der Waals surface area contributed by atoms with Crippen molar-refractivity contribution in [2.45, 2.75) is 6.42 Å². The summed E-state index contributed by atoms with van der Waals surface area (Å²) in [5.74, 6) is 0.261. The smallest absolute Gasteiger partial charge is 0.229 e. The molecule has 0 atom stereocenters. The maximum Gasteiger partial charge on any atom is 0.229 e. The normalized spacial score (nSPS) is 9.50. The molecule has 5 heteroatoms. The Labute approximate surface area is 104 Å². The average Bonchev–Trinajstić information content (AvgIpc) is 2.40. The molecule has 1 aromatic heterocycles. The Balaban J connectivity index is 1.97. The van der Waals surface area contributed by atoms with Gasteiger partial charge in [-0.1, -0.05) is 12.1 Å². The summed E-state index contributed by atoms with van der Waals surface area (Å²) >= 11 is 0. The van der Waals surface area contributed by atoms with Gasteiger partial charge in [0.1, 0.15) is 0 Å². The van der Waals surface area contributed by atoms with Gasteiger partial charge >= 0.3 is 0 Å². The molecule has 18 heavy (non-hydrogen) atoms. The minimum atomic E-state index is -0.166. The minimum Gasteiger partial charge on any atom is -0.309 e. The van der Waals surface area contributed by atoms with Crippen LogP contribution in [0, 0.1) is 11.3 Å². The highest BCUT2D eigenvalue weighted by molar-refractivity contribution is 5.91. The summed E-state index contributed by atoms with van der Waals surface area (Å²) in [5, 5.41) is 18.7. The van der Waals surface area contributed by atoms with Crippen molar-refractivity contribution in [3.05, 3.63) is 53.7 Å². The molecule has 1 N–H and O–H groups in total. The highest BCUT2D eigenvalue weighted by atomic mass is 16.1. The summed E-state index contributed by atoms with van der Waals surface area (Å²) in [5.41, 5.74) is 1.42. The topological polar surface area (TPSA) is 78.7 Å². The number of benzene rings is 1. The van der Waals surface area contributed by atoms with Gasteiger partial charge in [0.2, 0.25) is 5.91 Å². The predicted molar refractivity (Wildman–Crippen MR) is 65.5 cm³/mol. The number of rotatable bonds is 3. The number of nitrogens with zero attached hydrogens (tertiary/aromatic N) is 3. The molecule has 2 aromatic rings. The maximum absolute atomic E-state index is 11.7. The summed E-state index contributed by atoms with van der Waals surface area (Å²) < 4.78 is 0. The van der Waals surface area contributed by atoms with Gasteiger partial charge in [-0.2, -0.15) is 10.4 Å². The van der Waals surface area contributed by atoms with Crippen LogP contribution >= 0.6 is 0 Å². The lowest BCUT2D eigenvalue weighted by molar-refractivity contribution is -0.115. The van der Waals surface area contributed by atoms with Crippen LogP contribution in [0.3, 0.4) is 0 Å². The molecule has 0 aliphatic rings. The quantitative estimate of drug-likeness (QED) is 0.879. The van der Waals surface area contributed by atoms with Crippen LogP contribution in [0.2, 0.25) is 0 Å². The SMILES string of the molecule is N#Cc1ccc(CC(=O)Nc2cccnn2)cc1. The lowest BCUT2D eigenvalue weighted by Crippen LogP contribution is -2.15. The molecule has 0 fully saturated rings. The van der Waals surface area contributed by atoms with E-state index in [2.05, 4.69) is 15.5 Å². The van der Waals surface area contributed by atoms with Crippen LogP contribution in [-0.4, -0.2) is 16.1 Å². The Bertz CT molecular complexity index is 572. The Morgan fingerprint density at radius 1 is 1.28 bits per heavy atom. The number of hydrogen-bond donors (Lipinski definition) is 1. The van der Waals surface area contributed by atoms with Crippen LogP contribution in [0.5, 0.6) is 0 Å². The summed E-state index contributed by atoms with van der Waals surface area (Å²) in [6, 6.07) is 12.3. The number of hydrogen-bond acceptors (Lipinski definition) is 4. The number of anilines is 1. The second kappa shape index (κ2) is 5.55. The van der Waals surface area contributed by atoms with E-state index in [4.69, 9.17) is 5.26 Å². The predicted octanol–water partition coefficient (Wildman–Crippen LogP) is 1.53. The van der Waals surface area contributed by atoms with Crippen LogP contribution in [-0.2, 0) is 11.2 Å². The van der Waals surface area contributed by atoms with Crippen LogP contribution in [0.15, 0.2) is 42.6 Å².